The molecule has 2 N–H and O–H groups in total. The van der Waals surface area contributed by atoms with E-state index in [4.69, 9.17) is 0 Å². The molecule has 0 amide bonds. The highest BCUT2D eigenvalue weighted by atomic mass is 19.4. The maximum atomic E-state index is 11.8. The van der Waals surface area contributed by atoms with Crippen LogP contribution < -0.4 is 5.32 Å². The number of nitrogens with one attached hydrogen (secondary N) is 2. The number of hydrogen-bond donors (Lipinski definition) is 2. The number of aromatic amines is 1. The van der Waals surface area contributed by atoms with Gasteiger partial charge in [0, 0.05) is 0 Å². The molecule has 2 rings (SSSR count). The number of aromatic nitrogens is 4. The number of hydrogen-bond acceptors (Lipinski definition) is 4. The molecule has 0 saturated heterocycles. The molecular weight excluding hydrogens is 199 g/mol. The van der Waals surface area contributed by atoms with E-state index in [1.807, 2.05) is 0 Å². The molecule has 0 saturated carbocycles. The number of imidazole rings is 1. The van der Waals surface area contributed by atoms with Crippen LogP contribution in [0.15, 0.2) is 12.5 Å². The van der Waals surface area contributed by atoms with Crippen LogP contribution in [0, 0.1) is 0 Å². The minimum Gasteiger partial charge on any atom is -0.342 e. The Morgan fingerprint density at radius 1 is 1.29 bits per heavy atom. The molecule has 14 heavy (non-hydrogen) atoms. The Hall–Kier alpha value is -1.86. The summed E-state index contributed by atoms with van der Waals surface area (Å²) in [5, 5.41) is 1.19. The summed E-state index contributed by atoms with van der Waals surface area (Å²) < 4.78 is 35.5. The number of fused-ring (bicyclic) bond motifs is 1. The molecule has 8 heteroatoms. The molecule has 5 nitrogen and oxygen atoms in total. The summed E-state index contributed by atoms with van der Waals surface area (Å²) in [5.41, 5.74) is 0.671. The van der Waals surface area contributed by atoms with Gasteiger partial charge in [-0.1, -0.05) is 0 Å². The van der Waals surface area contributed by atoms with Gasteiger partial charge in [0.2, 0.25) is 5.95 Å². The predicted octanol–water partition coefficient (Wildman–Crippen LogP) is 1.28. The Morgan fingerprint density at radius 3 is 2.79 bits per heavy atom. The Morgan fingerprint density at radius 2 is 2.07 bits per heavy atom. The fourth-order valence-electron chi connectivity index (χ4n) is 0.923. The van der Waals surface area contributed by atoms with Gasteiger partial charge in [-0.2, -0.15) is 18.2 Å². The third-order valence-corrected chi connectivity index (χ3v) is 1.43. The van der Waals surface area contributed by atoms with Gasteiger partial charge in [0.15, 0.2) is 5.65 Å². The summed E-state index contributed by atoms with van der Waals surface area (Å²) in [7, 11) is 0. The molecule has 0 radical (unpaired) electrons. The lowest BCUT2D eigenvalue weighted by Crippen LogP contribution is -2.22. The predicted molar refractivity (Wildman–Crippen MR) is 41.4 cm³/mol. The average molecular weight is 203 g/mol. The molecule has 0 atom stereocenters. The molecule has 0 bridgehead atoms. The first-order chi connectivity index (χ1) is 6.54. The summed E-state index contributed by atoms with van der Waals surface area (Å²) in [4.78, 5) is 13.3. The molecule has 0 unspecified atom stereocenters. The summed E-state index contributed by atoms with van der Waals surface area (Å²) in [5.74, 6) is -0.517. The Balaban J connectivity index is 2.35. The van der Waals surface area contributed by atoms with E-state index < -0.39 is 12.2 Å². The van der Waals surface area contributed by atoms with Crippen LogP contribution >= 0.6 is 0 Å². The van der Waals surface area contributed by atoms with Crippen molar-refractivity contribution in [1.29, 1.82) is 0 Å². The molecule has 0 aliphatic heterocycles. The number of rotatable bonds is 1. The van der Waals surface area contributed by atoms with Gasteiger partial charge in [0.1, 0.15) is 5.52 Å². The second-order valence-electron chi connectivity index (χ2n) is 2.46. The fourth-order valence-corrected chi connectivity index (χ4v) is 0.923. The third-order valence-electron chi connectivity index (χ3n) is 1.43. The van der Waals surface area contributed by atoms with Gasteiger partial charge in [0.05, 0.1) is 12.5 Å². The summed E-state index contributed by atoms with van der Waals surface area (Å²) in [6, 6.07) is 0. The van der Waals surface area contributed by atoms with Crippen molar-refractivity contribution in [3.05, 3.63) is 12.5 Å². The van der Waals surface area contributed by atoms with E-state index in [9.17, 15) is 13.2 Å². The number of halogens is 3. The number of alkyl halides is 3. The van der Waals surface area contributed by atoms with Crippen molar-refractivity contribution in [2.75, 3.05) is 5.32 Å². The van der Waals surface area contributed by atoms with Crippen LogP contribution in [0.5, 0.6) is 0 Å². The van der Waals surface area contributed by atoms with Crippen LogP contribution in [0.4, 0.5) is 19.1 Å². The van der Waals surface area contributed by atoms with E-state index in [1.165, 1.54) is 17.8 Å². The summed E-state index contributed by atoms with van der Waals surface area (Å²) in [6.45, 7) is 0. The highest BCUT2D eigenvalue weighted by Gasteiger charge is 2.28. The van der Waals surface area contributed by atoms with E-state index in [0.29, 0.717) is 5.52 Å². The average Bonchev–Trinajstić information content (AvgIpc) is 2.47. The van der Waals surface area contributed by atoms with Crippen LogP contribution in [-0.2, 0) is 0 Å². The maximum absolute atomic E-state index is 11.8. The van der Waals surface area contributed by atoms with Crippen molar-refractivity contribution in [3.63, 3.8) is 0 Å². The Kier molecular flexibility index (Phi) is 1.76. The highest BCUT2D eigenvalue weighted by Crippen LogP contribution is 2.17. The van der Waals surface area contributed by atoms with Gasteiger partial charge in [0.25, 0.3) is 0 Å². The van der Waals surface area contributed by atoms with Gasteiger partial charge < -0.3 is 4.98 Å². The first-order valence-corrected chi connectivity index (χ1v) is 3.56. The lowest BCUT2D eigenvalue weighted by molar-refractivity contribution is -0.101. The molecular formula is C6H4F3N5. The van der Waals surface area contributed by atoms with Crippen molar-refractivity contribution in [1.82, 2.24) is 19.9 Å². The quantitative estimate of drug-likeness (QED) is 0.685. The molecule has 0 spiro atoms. The first kappa shape index (κ1) is 8.73. The molecule has 2 aromatic heterocycles. The van der Waals surface area contributed by atoms with E-state index in [-0.39, 0.29) is 5.65 Å². The number of H-pyrrole nitrogens is 1. The van der Waals surface area contributed by atoms with Crippen LogP contribution in [-0.4, -0.2) is 26.2 Å². The van der Waals surface area contributed by atoms with E-state index in [1.54, 1.807) is 0 Å². The van der Waals surface area contributed by atoms with Crippen molar-refractivity contribution >= 4 is 17.1 Å². The second kappa shape index (κ2) is 2.82. The zero-order valence-corrected chi connectivity index (χ0v) is 6.63. The molecule has 0 aromatic carbocycles. The number of nitrogens with zero attached hydrogens (tertiary/aromatic N) is 3. The molecule has 2 aromatic rings. The van der Waals surface area contributed by atoms with E-state index in [2.05, 4.69) is 19.9 Å². The third kappa shape index (κ3) is 1.73. The minimum absolute atomic E-state index is 0.187. The standard InChI is InChI=1S/C6H4F3N5/c7-6(8,9)14-5-10-1-3-4(13-5)12-2-11-3/h1-2H,(H2,10,11,12,13,14). The van der Waals surface area contributed by atoms with Gasteiger partial charge in [-0.05, 0) is 0 Å². The van der Waals surface area contributed by atoms with Crippen LogP contribution in [0.3, 0.4) is 0 Å². The van der Waals surface area contributed by atoms with Crippen molar-refractivity contribution in [3.8, 4) is 0 Å². The monoisotopic (exact) mass is 203 g/mol. The van der Waals surface area contributed by atoms with Crippen molar-refractivity contribution < 1.29 is 13.2 Å². The van der Waals surface area contributed by atoms with Crippen molar-refractivity contribution in [2.24, 2.45) is 0 Å². The molecule has 0 aliphatic rings. The zero-order chi connectivity index (χ0) is 10.2. The van der Waals surface area contributed by atoms with Gasteiger partial charge in [-0.25, -0.2) is 9.97 Å². The maximum Gasteiger partial charge on any atom is 0.484 e. The van der Waals surface area contributed by atoms with E-state index in [0.717, 1.165) is 0 Å². The summed E-state index contributed by atoms with van der Waals surface area (Å²) in [6.07, 6.45) is -1.98. The molecule has 74 valence electrons. The Bertz CT molecular complexity index is 448. The lowest BCUT2D eigenvalue weighted by Gasteiger charge is -2.06. The fraction of sp³-hybridized carbons (Fsp3) is 0.167. The lowest BCUT2D eigenvalue weighted by atomic mass is 10.6. The molecule has 0 aliphatic carbocycles. The Labute approximate surface area is 75.4 Å². The number of anilines is 1. The first-order valence-electron chi connectivity index (χ1n) is 3.56. The van der Waals surface area contributed by atoms with E-state index >= 15 is 0 Å². The topological polar surface area (TPSA) is 66.5 Å². The van der Waals surface area contributed by atoms with Gasteiger partial charge in [-0.15, -0.1) is 0 Å². The zero-order valence-electron chi connectivity index (χ0n) is 6.63. The SMILES string of the molecule is FC(F)(F)Nc1ncc2[nH]cnc2n1. The van der Waals surface area contributed by atoms with Crippen LogP contribution in [0.2, 0.25) is 0 Å². The van der Waals surface area contributed by atoms with Crippen LogP contribution in [0.1, 0.15) is 0 Å². The molecule has 0 fully saturated rings. The summed E-state index contributed by atoms with van der Waals surface area (Å²) >= 11 is 0. The second-order valence-corrected chi connectivity index (χ2v) is 2.46. The van der Waals surface area contributed by atoms with Gasteiger partial charge >= 0.3 is 6.30 Å². The normalized spacial score (nSPS) is 11.9. The minimum atomic E-state index is -4.54. The van der Waals surface area contributed by atoms with Crippen molar-refractivity contribution in [2.45, 2.75) is 6.30 Å². The highest BCUT2D eigenvalue weighted by molar-refractivity contribution is 5.69. The smallest absolute Gasteiger partial charge is 0.342 e. The largest absolute Gasteiger partial charge is 0.484 e. The van der Waals surface area contributed by atoms with Crippen LogP contribution in [0.25, 0.3) is 11.2 Å². The van der Waals surface area contributed by atoms with Gasteiger partial charge in [-0.3, -0.25) is 5.32 Å². The molecule has 2 heterocycles.